The van der Waals surface area contributed by atoms with E-state index in [-0.39, 0.29) is 5.69 Å². The third-order valence-electron chi connectivity index (χ3n) is 7.12. The van der Waals surface area contributed by atoms with Crippen LogP contribution in [-0.4, -0.2) is 75.0 Å². The molecule has 184 valence electrons. The van der Waals surface area contributed by atoms with E-state index in [9.17, 15) is 9.59 Å². The van der Waals surface area contributed by atoms with Gasteiger partial charge in [0, 0.05) is 50.9 Å². The van der Waals surface area contributed by atoms with Gasteiger partial charge in [-0.3, -0.25) is 24.0 Å². The lowest BCUT2D eigenvalue weighted by molar-refractivity contribution is 0.0609. The second-order valence-corrected chi connectivity index (χ2v) is 9.51. The number of amides is 1. The highest BCUT2D eigenvalue weighted by atomic mass is 35.5. The van der Waals surface area contributed by atoms with Gasteiger partial charge in [-0.05, 0) is 38.4 Å². The lowest BCUT2D eigenvalue weighted by Crippen LogP contribution is -2.58. The number of pyridine rings is 1. The van der Waals surface area contributed by atoms with E-state index >= 15 is 0 Å². The molecule has 0 aromatic carbocycles. The first-order valence-electron chi connectivity index (χ1n) is 11.8. The molecule has 11 heteroatoms. The molecule has 2 aromatic rings. The molecule has 2 aliphatic rings. The third-order valence-corrected chi connectivity index (χ3v) is 7.33. The number of nitrogens with zero attached hydrogens (tertiary/aromatic N) is 6. The predicted molar refractivity (Wildman–Crippen MR) is 133 cm³/mol. The molecule has 1 amide bonds. The summed E-state index contributed by atoms with van der Waals surface area (Å²) in [5.74, 6) is 0.423. The summed E-state index contributed by atoms with van der Waals surface area (Å²) in [6.07, 6.45) is 4.81. The molecule has 2 saturated heterocycles. The van der Waals surface area contributed by atoms with Crippen LogP contribution in [0.4, 0.5) is 11.6 Å². The summed E-state index contributed by atoms with van der Waals surface area (Å²) < 4.78 is 1.48. The van der Waals surface area contributed by atoms with Crippen molar-refractivity contribution in [3.8, 4) is 0 Å². The van der Waals surface area contributed by atoms with Crippen molar-refractivity contribution in [3.63, 3.8) is 0 Å². The van der Waals surface area contributed by atoms with Gasteiger partial charge in [-0.25, -0.2) is 9.97 Å². The van der Waals surface area contributed by atoms with Crippen LogP contribution in [0.3, 0.4) is 0 Å². The highest BCUT2D eigenvalue weighted by Gasteiger charge is 2.34. The normalized spacial score (nSPS) is 20.6. The number of piperidine rings is 1. The fourth-order valence-electron chi connectivity index (χ4n) is 5.17. The third kappa shape index (κ3) is 5.03. The molecule has 2 aromatic heterocycles. The van der Waals surface area contributed by atoms with Crippen LogP contribution in [0.5, 0.6) is 0 Å². The van der Waals surface area contributed by atoms with E-state index in [2.05, 4.69) is 31.6 Å². The number of carbonyl (C=O) groups excluding carboxylic acids is 1. The maximum absolute atomic E-state index is 12.5. The van der Waals surface area contributed by atoms with E-state index in [0.29, 0.717) is 23.1 Å². The number of halogens is 1. The lowest BCUT2D eigenvalue weighted by atomic mass is 9.98. The zero-order chi connectivity index (χ0) is 24.4. The molecule has 0 bridgehead atoms. The van der Waals surface area contributed by atoms with Crippen molar-refractivity contribution in [3.05, 3.63) is 45.1 Å². The molecule has 0 spiro atoms. The number of rotatable bonds is 6. The molecule has 34 heavy (non-hydrogen) atoms. The monoisotopic (exact) mass is 488 g/mol. The zero-order valence-electron chi connectivity index (χ0n) is 19.8. The van der Waals surface area contributed by atoms with Crippen molar-refractivity contribution < 1.29 is 4.79 Å². The molecule has 4 rings (SSSR count). The minimum absolute atomic E-state index is 0.222. The van der Waals surface area contributed by atoms with Gasteiger partial charge in [0.25, 0.3) is 11.5 Å². The van der Waals surface area contributed by atoms with Crippen molar-refractivity contribution >= 4 is 29.1 Å². The van der Waals surface area contributed by atoms with Crippen LogP contribution >= 0.6 is 11.6 Å². The van der Waals surface area contributed by atoms with Crippen molar-refractivity contribution in [1.29, 1.82) is 0 Å². The summed E-state index contributed by atoms with van der Waals surface area (Å²) in [6.45, 7) is 7.55. The zero-order valence-corrected chi connectivity index (χ0v) is 20.5. The van der Waals surface area contributed by atoms with Crippen LogP contribution in [0, 0.1) is 0 Å². The molecule has 0 saturated carbocycles. The Hall–Kier alpha value is -2.69. The summed E-state index contributed by atoms with van der Waals surface area (Å²) >= 11 is 5.92. The molecule has 10 nitrogen and oxygen atoms in total. The Morgan fingerprint density at radius 3 is 2.59 bits per heavy atom. The van der Waals surface area contributed by atoms with Gasteiger partial charge in [0.05, 0.1) is 6.20 Å². The molecule has 0 unspecified atom stereocenters. The van der Waals surface area contributed by atoms with Gasteiger partial charge in [0.15, 0.2) is 5.69 Å². The van der Waals surface area contributed by atoms with Gasteiger partial charge >= 0.3 is 0 Å². The lowest BCUT2D eigenvalue weighted by Gasteiger charge is -2.48. The standard InChI is InChI=1S/C23H33ClN8O2/c1-3-16-14-31(19-12-27-20(22(26)33)23(34)29(19)2)10-11-32(16)17-6-8-30(9-7-17)13-15-4-5-18(24)28-21(15)25/h4-5,12,16-17H,3,6-11,13-14H2,1-2H3,(H2,25,28)(H2,26,33)/t16-/m0/s1. The van der Waals surface area contributed by atoms with Crippen molar-refractivity contribution in [2.24, 2.45) is 12.8 Å². The molecule has 2 aliphatic heterocycles. The van der Waals surface area contributed by atoms with Gasteiger partial charge in [0.2, 0.25) is 0 Å². The summed E-state index contributed by atoms with van der Waals surface area (Å²) in [5.41, 5.74) is 11.6. The van der Waals surface area contributed by atoms with E-state index in [1.54, 1.807) is 19.3 Å². The summed E-state index contributed by atoms with van der Waals surface area (Å²) in [7, 11) is 1.66. The molecular weight excluding hydrogens is 456 g/mol. The first-order valence-corrected chi connectivity index (χ1v) is 12.2. The number of nitrogen functional groups attached to an aromatic ring is 1. The van der Waals surface area contributed by atoms with E-state index in [4.69, 9.17) is 23.1 Å². The summed E-state index contributed by atoms with van der Waals surface area (Å²) in [6, 6.07) is 4.66. The van der Waals surface area contributed by atoms with Crippen LogP contribution in [0.25, 0.3) is 0 Å². The largest absolute Gasteiger partial charge is 0.383 e. The van der Waals surface area contributed by atoms with Gasteiger partial charge in [0.1, 0.15) is 16.8 Å². The molecule has 4 N–H and O–H groups in total. The van der Waals surface area contributed by atoms with E-state index in [1.165, 1.54) is 4.57 Å². The number of anilines is 2. The van der Waals surface area contributed by atoms with E-state index < -0.39 is 11.5 Å². The minimum Gasteiger partial charge on any atom is -0.383 e. The van der Waals surface area contributed by atoms with Crippen LogP contribution in [0.1, 0.15) is 42.2 Å². The number of piperazine rings is 1. The smallest absolute Gasteiger partial charge is 0.283 e. The Morgan fingerprint density at radius 2 is 1.94 bits per heavy atom. The maximum Gasteiger partial charge on any atom is 0.283 e. The fourth-order valence-corrected chi connectivity index (χ4v) is 5.33. The molecule has 0 aliphatic carbocycles. The molecule has 4 heterocycles. The number of likely N-dealkylation sites (tertiary alicyclic amines) is 1. The highest BCUT2D eigenvalue weighted by molar-refractivity contribution is 6.29. The maximum atomic E-state index is 12.5. The number of carbonyl (C=O) groups is 1. The first kappa shape index (κ1) is 24.4. The van der Waals surface area contributed by atoms with Gasteiger partial charge < -0.3 is 16.4 Å². The average Bonchev–Trinajstić information content (AvgIpc) is 2.82. The Morgan fingerprint density at radius 1 is 1.21 bits per heavy atom. The van der Waals surface area contributed by atoms with Crippen molar-refractivity contribution in [1.82, 2.24) is 24.3 Å². The Bertz CT molecular complexity index is 1100. The Balaban J connectivity index is 1.37. The van der Waals surface area contributed by atoms with Gasteiger partial charge in [-0.2, -0.15) is 0 Å². The Kier molecular flexibility index (Phi) is 7.39. The van der Waals surface area contributed by atoms with Crippen LogP contribution in [0.2, 0.25) is 5.15 Å². The van der Waals surface area contributed by atoms with Crippen LogP contribution < -0.4 is 21.9 Å². The average molecular weight is 489 g/mol. The van der Waals surface area contributed by atoms with Crippen LogP contribution in [-0.2, 0) is 13.6 Å². The van der Waals surface area contributed by atoms with Crippen molar-refractivity contribution in [2.45, 2.75) is 44.8 Å². The van der Waals surface area contributed by atoms with E-state index in [0.717, 1.165) is 69.9 Å². The second-order valence-electron chi connectivity index (χ2n) is 9.12. The summed E-state index contributed by atoms with van der Waals surface area (Å²) in [4.78, 5) is 39.4. The molecule has 1 atom stereocenters. The van der Waals surface area contributed by atoms with Gasteiger partial charge in [-0.15, -0.1) is 0 Å². The first-order chi connectivity index (χ1) is 16.3. The number of primary amides is 1. The fraction of sp³-hybridized carbons (Fsp3) is 0.565. The van der Waals surface area contributed by atoms with Gasteiger partial charge in [-0.1, -0.05) is 24.6 Å². The quantitative estimate of drug-likeness (QED) is 0.578. The SMILES string of the molecule is CC[C@H]1CN(c2cnc(C(N)=O)c(=O)n2C)CCN1C1CCN(Cc2ccc(Cl)nc2N)CC1. The molecular formula is C23H33ClN8O2. The number of hydrogen-bond donors (Lipinski definition) is 2. The van der Waals surface area contributed by atoms with E-state index in [1.807, 2.05) is 6.07 Å². The molecule has 2 fully saturated rings. The Labute approximate surface area is 204 Å². The topological polar surface area (TPSA) is 127 Å². The van der Waals surface area contributed by atoms with Crippen LogP contribution in [0.15, 0.2) is 23.1 Å². The second kappa shape index (κ2) is 10.3. The number of hydrogen-bond acceptors (Lipinski definition) is 8. The highest BCUT2D eigenvalue weighted by Crippen LogP contribution is 2.26. The predicted octanol–water partition coefficient (Wildman–Crippen LogP) is 1.08. The number of aromatic nitrogens is 3. The minimum atomic E-state index is -0.801. The van der Waals surface area contributed by atoms with Crippen molar-refractivity contribution in [2.75, 3.05) is 43.4 Å². The summed E-state index contributed by atoms with van der Waals surface area (Å²) in [5, 5.41) is 0.421. The molecule has 0 radical (unpaired) electrons. The number of nitrogens with two attached hydrogens (primary N) is 2.